The van der Waals surface area contributed by atoms with Crippen LogP contribution in [0.2, 0.25) is 0 Å². The summed E-state index contributed by atoms with van der Waals surface area (Å²) in [4.78, 5) is 12.4. The van der Waals surface area contributed by atoms with Gasteiger partial charge in [0.25, 0.3) is 0 Å². The Morgan fingerprint density at radius 1 is 1.04 bits per heavy atom. The third-order valence-corrected chi connectivity index (χ3v) is 6.44. The Bertz CT molecular complexity index is 896. The smallest absolute Gasteiger partial charge is 0.240 e. The fourth-order valence-corrected chi connectivity index (χ4v) is 4.40. The van der Waals surface area contributed by atoms with Crippen molar-refractivity contribution in [2.75, 3.05) is 11.9 Å². The van der Waals surface area contributed by atoms with Gasteiger partial charge in [0.05, 0.1) is 4.90 Å². The zero-order valence-corrected chi connectivity index (χ0v) is 16.7. The van der Waals surface area contributed by atoms with E-state index < -0.39 is 10.0 Å². The van der Waals surface area contributed by atoms with Crippen LogP contribution in [0.4, 0.5) is 5.69 Å². The number of benzene rings is 2. The minimum atomic E-state index is -3.61. The van der Waals surface area contributed by atoms with Crippen molar-refractivity contribution < 1.29 is 13.2 Å². The van der Waals surface area contributed by atoms with Gasteiger partial charge in [-0.3, -0.25) is 4.79 Å². The largest absolute Gasteiger partial charge is 0.326 e. The number of carbonyl (C=O) groups excluding carboxylic acids is 1. The van der Waals surface area contributed by atoms with Crippen molar-refractivity contribution in [3.8, 4) is 0 Å². The van der Waals surface area contributed by atoms with Crippen molar-refractivity contribution >= 4 is 37.5 Å². The summed E-state index contributed by atoms with van der Waals surface area (Å²) in [7, 11) is -3.61. The number of aryl methyl sites for hydroxylation is 1. The molecule has 3 rings (SSSR count). The molecule has 0 saturated carbocycles. The highest BCUT2D eigenvalue weighted by Gasteiger charge is 2.16. The van der Waals surface area contributed by atoms with Crippen molar-refractivity contribution in [2.24, 2.45) is 0 Å². The van der Waals surface area contributed by atoms with Gasteiger partial charge in [-0.05, 0) is 67.1 Å². The molecular formula is C19H21BrN2O3S. The first-order valence-electron chi connectivity index (χ1n) is 8.61. The van der Waals surface area contributed by atoms with Crippen molar-refractivity contribution in [3.63, 3.8) is 0 Å². The van der Waals surface area contributed by atoms with Crippen molar-refractivity contribution in [3.05, 3.63) is 58.1 Å². The minimum absolute atomic E-state index is 0.0548. The van der Waals surface area contributed by atoms with Gasteiger partial charge in [-0.15, -0.1) is 0 Å². The molecule has 0 atom stereocenters. The van der Waals surface area contributed by atoms with Crippen molar-refractivity contribution in [1.29, 1.82) is 0 Å². The second-order valence-electron chi connectivity index (χ2n) is 6.30. The standard InChI is InChI=1S/C19H21BrN2O3S/c20-15-8-10-16(11-9-15)26(24,25)21-13-12-19(23)22-18-7-3-5-14-4-1-2-6-17(14)18/h3,5,7-11,21H,1-2,4,6,12-13H2,(H,22,23). The van der Waals surface area contributed by atoms with Crippen molar-refractivity contribution in [1.82, 2.24) is 4.72 Å². The minimum Gasteiger partial charge on any atom is -0.326 e. The molecule has 0 unspecified atom stereocenters. The molecule has 2 N–H and O–H groups in total. The van der Waals surface area contributed by atoms with Crippen LogP contribution in [-0.2, 0) is 27.7 Å². The monoisotopic (exact) mass is 436 g/mol. The van der Waals surface area contributed by atoms with Crippen molar-refractivity contribution in [2.45, 2.75) is 37.0 Å². The molecule has 7 heteroatoms. The van der Waals surface area contributed by atoms with Crippen LogP contribution in [0.25, 0.3) is 0 Å². The van der Waals surface area contributed by atoms with Gasteiger partial charge in [0.2, 0.25) is 15.9 Å². The van der Waals surface area contributed by atoms with Gasteiger partial charge in [-0.25, -0.2) is 13.1 Å². The predicted octanol–water partition coefficient (Wildman–Crippen LogP) is 3.64. The Morgan fingerprint density at radius 2 is 1.77 bits per heavy atom. The molecule has 0 fully saturated rings. The van der Waals surface area contributed by atoms with Gasteiger partial charge in [0.15, 0.2) is 0 Å². The highest BCUT2D eigenvalue weighted by atomic mass is 79.9. The van der Waals surface area contributed by atoms with E-state index in [1.54, 1.807) is 12.1 Å². The number of halogens is 1. The van der Waals surface area contributed by atoms with E-state index in [1.165, 1.54) is 29.7 Å². The van der Waals surface area contributed by atoms with E-state index in [0.717, 1.165) is 29.4 Å². The summed E-state index contributed by atoms with van der Waals surface area (Å²) in [6, 6.07) is 12.3. The van der Waals surface area contributed by atoms with E-state index in [4.69, 9.17) is 0 Å². The SMILES string of the molecule is O=C(CCNS(=O)(=O)c1ccc(Br)cc1)Nc1cccc2c1CCCC2. The number of amides is 1. The summed E-state index contributed by atoms with van der Waals surface area (Å²) in [5, 5.41) is 2.92. The average Bonchev–Trinajstić information content (AvgIpc) is 2.62. The summed E-state index contributed by atoms with van der Waals surface area (Å²) >= 11 is 3.27. The van der Waals surface area contributed by atoms with Gasteiger partial charge in [0.1, 0.15) is 0 Å². The Labute approximate surface area is 162 Å². The highest BCUT2D eigenvalue weighted by Crippen LogP contribution is 2.27. The van der Waals surface area contributed by atoms with Crippen LogP contribution in [0.3, 0.4) is 0 Å². The molecule has 1 amide bonds. The number of sulfonamides is 1. The van der Waals surface area contributed by atoms with E-state index in [9.17, 15) is 13.2 Å². The maximum Gasteiger partial charge on any atom is 0.240 e. The molecule has 5 nitrogen and oxygen atoms in total. The number of rotatable bonds is 6. The highest BCUT2D eigenvalue weighted by molar-refractivity contribution is 9.10. The second-order valence-corrected chi connectivity index (χ2v) is 8.98. The molecule has 0 aliphatic heterocycles. The summed E-state index contributed by atoms with van der Waals surface area (Å²) in [5.41, 5.74) is 3.36. The molecule has 0 saturated heterocycles. The molecule has 2 aromatic carbocycles. The fourth-order valence-electron chi connectivity index (χ4n) is 3.11. The van der Waals surface area contributed by atoms with Crippen LogP contribution in [0.15, 0.2) is 51.8 Å². The summed E-state index contributed by atoms with van der Waals surface area (Å²) in [6.45, 7) is 0.0548. The Morgan fingerprint density at radius 3 is 2.54 bits per heavy atom. The van der Waals surface area contributed by atoms with Crippen LogP contribution in [0.5, 0.6) is 0 Å². The van der Waals surface area contributed by atoms with Gasteiger partial charge in [-0.2, -0.15) is 0 Å². The maximum atomic E-state index is 12.2. The van der Waals surface area contributed by atoms with E-state index in [-0.39, 0.29) is 23.8 Å². The number of anilines is 1. The molecule has 0 heterocycles. The van der Waals surface area contributed by atoms with E-state index in [2.05, 4.69) is 32.0 Å². The normalized spacial score (nSPS) is 13.9. The molecule has 0 aromatic heterocycles. The van der Waals surface area contributed by atoms with Gasteiger partial charge < -0.3 is 5.32 Å². The molecule has 0 radical (unpaired) electrons. The first-order valence-corrected chi connectivity index (χ1v) is 10.9. The molecular weight excluding hydrogens is 416 g/mol. The van der Waals surface area contributed by atoms with Crippen LogP contribution < -0.4 is 10.0 Å². The Balaban J connectivity index is 1.56. The molecule has 0 bridgehead atoms. The zero-order valence-electron chi connectivity index (χ0n) is 14.3. The number of nitrogens with one attached hydrogen (secondary N) is 2. The number of hydrogen-bond acceptors (Lipinski definition) is 3. The number of hydrogen-bond donors (Lipinski definition) is 2. The van der Waals surface area contributed by atoms with Crippen LogP contribution in [0.1, 0.15) is 30.4 Å². The van der Waals surface area contributed by atoms with Crippen LogP contribution in [0, 0.1) is 0 Å². The number of carbonyl (C=O) groups is 1. The predicted molar refractivity (Wildman–Crippen MR) is 106 cm³/mol. The third-order valence-electron chi connectivity index (χ3n) is 4.44. The van der Waals surface area contributed by atoms with Crippen LogP contribution in [-0.4, -0.2) is 20.9 Å². The van der Waals surface area contributed by atoms with E-state index in [1.807, 2.05) is 12.1 Å². The molecule has 138 valence electrons. The maximum absolute atomic E-state index is 12.2. The molecule has 0 spiro atoms. The average molecular weight is 437 g/mol. The second kappa shape index (κ2) is 8.33. The molecule has 1 aliphatic rings. The Kier molecular flexibility index (Phi) is 6.11. The lowest BCUT2D eigenvalue weighted by Crippen LogP contribution is -2.28. The lowest BCUT2D eigenvalue weighted by molar-refractivity contribution is -0.116. The lowest BCUT2D eigenvalue weighted by Gasteiger charge is -2.19. The Hall–Kier alpha value is -1.70. The topological polar surface area (TPSA) is 75.3 Å². The lowest BCUT2D eigenvalue weighted by atomic mass is 9.90. The van der Waals surface area contributed by atoms with Gasteiger partial charge in [0, 0.05) is 23.1 Å². The van der Waals surface area contributed by atoms with Gasteiger partial charge in [-0.1, -0.05) is 28.1 Å². The van der Waals surface area contributed by atoms with Crippen LogP contribution >= 0.6 is 15.9 Å². The zero-order chi connectivity index (χ0) is 18.6. The third kappa shape index (κ3) is 4.72. The number of fused-ring (bicyclic) bond motifs is 1. The molecule has 1 aliphatic carbocycles. The van der Waals surface area contributed by atoms with E-state index >= 15 is 0 Å². The summed E-state index contributed by atoms with van der Waals surface area (Å²) < 4.78 is 27.7. The molecule has 26 heavy (non-hydrogen) atoms. The summed E-state index contributed by atoms with van der Waals surface area (Å²) in [6.07, 6.45) is 4.42. The first kappa shape index (κ1) is 19.1. The quantitative estimate of drug-likeness (QED) is 0.725. The summed E-state index contributed by atoms with van der Waals surface area (Å²) in [5.74, 6) is -0.192. The first-order chi connectivity index (χ1) is 12.5. The van der Waals surface area contributed by atoms with Gasteiger partial charge >= 0.3 is 0 Å². The fraction of sp³-hybridized carbons (Fsp3) is 0.316. The molecule has 2 aromatic rings. The van der Waals surface area contributed by atoms with E-state index in [0.29, 0.717) is 0 Å².